The molecule has 7 heteroatoms. The van der Waals surface area contributed by atoms with Crippen LogP contribution in [0, 0.1) is 0 Å². The van der Waals surface area contributed by atoms with Crippen LogP contribution in [0.25, 0.3) is 0 Å². The molecule has 1 aromatic heterocycles. The smallest absolute Gasteiger partial charge is 0.257 e. The van der Waals surface area contributed by atoms with E-state index in [0.29, 0.717) is 0 Å². The van der Waals surface area contributed by atoms with E-state index in [0.717, 1.165) is 0 Å². The van der Waals surface area contributed by atoms with Crippen LogP contribution in [0.4, 0.5) is 5.82 Å². The van der Waals surface area contributed by atoms with Gasteiger partial charge in [0.05, 0.1) is 25.1 Å². The molecule has 0 aliphatic rings. The van der Waals surface area contributed by atoms with E-state index in [1.807, 2.05) is 0 Å². The lowest BCUT2D eigenvalue weighted by Gasteiger charge is -2.16. The van der Waals surface area contributed by atoms with Crippen LogP contribution in [-0.2, 0) is 0 Å². The van der Waals surface area contributed by atoms with E-state index < -0.39 is 12.2 Å². The first-order valence-electron chi connectivity index (χ1n) is 4.73. The molecule has 0 aliphatic heterocycles. The summed E-state index contributed by atoms with van der Waals surface area (Å²) in [6, 6.07) is 0. The van der Waals surface area contributed by atoms with E-state index in [2.05, 4.69) is 9.97 Å². The Bertz CT molecular complexity index is 348. The van der Waals surface area contributed by atoms with Gasteiger partial charge in [-0.25, -0.2) is 9.97 Å². The zero-order valence-electron chi connectivity index (χ0n) is 8.87. The molecule has 0 radical (unpaired) electrons. The Hall–Kier alpha value is -1.44. The number of nitrogen functional groups attached to an aromatic ring is 1. The third-order valence-electron chi connectivity index (χ3n) is 2.07. The Morgan fingerprint density at radius 2 is 2.19 bits per heavy atom. The van der Waals surface area contributed by atoms with Gasteiger partial charge >= 0.3 is 0 Å². The van der Waals surface area contributed by atoms with Crippen LogP contribution >= 0.6 is 0 Å². The molecular weight excluding hydrogens is 214 g/mol. The summed E-state index contributed by atoms with van der Waals surface area (Å²) >= 11 is 0. The lowest BCUT2D eigenvalue weighted by molar-refractivity contribution is 0.00150. The summed E-state index contributed by atoms with van der Waals surface area (Å²) in [7, 11) is 1.38. The van der Waals surface area contributed by atoms with Gasteiger partial charge < -0.3 is 25.8 Å². The van der Waals surface area contributed by atoms with Crippen LogP contribution < -0.4 is 10.5 Å². The molecular formula is C9H15N3O4. The van der Waals surface area contributed by atoms with Crippen LogP contribution in [0.2, 0.25) is 0 Å². The molecule has 90 valence electrons. The number of aliphatic hydroxyl groups excluding tert-OH is 3. The van der Waals surface area contributed by atoms with Crippen molar-refractivity contribution in [3.63, 3.8) is 0 Å². The molecule has 0 saturated heterocycles. The first-order valence-corrected chi connectivity index (χ1v) is 4.73. The fraction of sp³-hybridized carbons (Fsp3) is 0.556. The minimum atomic E-state index is -1.23. The van der Waals surface area contributed by atoms with Gasteiger partial charge in [0, 0.05) is 6.61 Å². The van der Waals surface area contributed by atoms with Crippen molar-refractivity contribution in [1.82, 2.24) is 9.97 Å². The fourth-order valence-corrected chi connectivity index (χ4v) is 1.17. The summed E-state index contributed by atoms with van der Waals surface area (Å²) in [5, 5.41) is 27.8. The minimum absolute atomic E-state index is 0.0511. The predicted molar refractivity (Wildman–Crippen MR) is 55.7 cm³/mol. The molecule has 1 aromatic rings. The molecule has 16 heavy (non-hydrogen) atoms. The van der Waals surface area contributed by atoms with Gasteiger partial charge in [0.2, 0.25) is 0 Å². The van der Waals surface area contributed by atoms with Gasteiger partial charge in [-0.3, -0.25) is 0 Å². The van der Waals surface area contributed by atoms with Crippen molar-refractivity contribution in [2.75, 3.05) is 19.5 Å². The average molecular weight is 229 g/mol. The van der Waals surface area contributed by atoms with Gasteiger partial charge in [-0.1, -0.05) is 0 Å². The van der Waals surface area contributed by atoms with Crippen molar-refractivity contribution < 1.29 is 20.1 Å². The number of nitrogens with two attached hydrogens (primary N) is 1. The summed E-state index contributed by atoms with van der Waals surface area (Å²) in [4.78, 5) is 7.66. The van der Waals surface area contributed by atoms with Gasteiger partial charge in [0.25, 0.3) is 5.88 Å². The maximum absolute atomic E-state index is 9.67. The summed E-state index contributed by atoms with van der Waals surface area (Å²) in [5.41, 5.74) is 5.60. The first-order chi connectivity index (χ1) is 7.60. The Balaban J connectivity index is 2.87. The lowest BCUT2D eigenvalue weighted by atomic mass is 10.1. The number of aromatic nitrogens is 2. The summed E-state index contributed by atoms with van der Waals surface area (Å²) in [5.74, 6) is 0.197. The van der Waals surface area contributed by atoms with Gasteiger partial charge in [-0.15, -0.1) is 0 Å². The van der Waals surface area contributed by atoms with Crippen molar-refractivity contribution in [2.24, 2.45) is 0 Å². The molecule has 0 aromatic carbocycles. The van der Waals surface area contributed by atoms with Gasteiger partial charge in [0.1, 0.15) is 6.10 Å². The van der Waals surface area contributed by atoms with Crippen molar-refractivity contribution in [3.05, 3.63) is 11.9 Å². The highest BCUT2D eigenvalue weighted by Gasteiger charge is 2.20. The van der Waals surface area contributed by atoms with Gasteiger partial charge in [0.15, 0.2) is 5.82 Å². The van der Waals surface area contributed by atoms with E-state index in [9.17, 15) is 10.2 Å². The van der Waals surface area contributed by atoms with Gasteiger partial charge in [-0.2, -0.15) is 0 Å². The van der Waals surface area contributed by atoms with E-state index in [4.69, 9.17) is 15.6 Å². The summed E-state index contributed by atoms with van der Waals surface area (Å²) in [6.45, 7) is -0.224. The molecule has 2 atom stereocenters. The van der Waals surface area contributed by atoms with Crippen LogP contribution in [0.5, 0.6) is 5.88 Å². The van der Waals surface area contributed by atoms with Crippen LogP contribution in [0.3, 0.4) is 0 Å². The maximum Gasteiger partial charge on any atom is 0.257 e. The summed E-state index contributed by atoms with van der Waals surface area (Å²) < 4.78 is 4.83. The number of rotatable bonds is 5. The van der Waals surface area contributed by atoms with Crippen molar-refractivity contribution in [1.29, 1.82) is 0 Å². The van der Waals surface area contributed by atoms with E-state index in [1.54, 1.807) is 0 Å². The SMILES string of the molecule is COc1nc(C(O)C(O)CCO)cnc1N. The molecule has 1 rings (SSSR count). The number of nitrogens with zero attached hydrogens (tertiary/aromatic N) is 2. The Labute approximate surface area is 92.5 Å². The van der Waals surface area contributed by atoms with Crippen molar-refractivity contribution >= 4 is 5.82 Å². The minimum Gasteiger partial charge on any atom is -0.478 e. The Morgan fingerprint density at radius 3 is 2.75 bits per heavy atom. The van der Waals surface area contributed by atoms with Crippen LogP contribution in [0.15, 0.2) is 6.20 Å². The third-order valence-corrected chi connectivity index (χ3v) is 2.07. The monoisotopic (exact) mass is 229 g/mol. The largest absolute Gasteiger partial charge is 0.478 e. The molecule has 5 N–H and O–H groups in total. The molecule has 0 fully saturated rings. The third kappa shape index (κ3) is 2.78. The molecule has 2 unspecified atom stereocenters. The second-order valence-corrected chi connectivity index (χ2v) is 3.21. The standard InChI is InChI=1S/C9H15N3O4/c1-16-9-8(10)11-4-5(12-9)7(15)6(14)2-3-13/h4,6-7,13-15H,2-3H2,1H3,(H2,10,11). The fourth-order valence-electron chi connectivity index (χ4n) is 1.17. The second-order valence-electron chi connectivity index (χ2n) is 3.21. The predicted octanol–water partition coefficient (Wildman–Crippen LogP) is -1.16. The molecule has 0 aliphatic carbocycles. The van der Waals surface area contributed by atoms with E-state index in [-0.39, 0.29) is 30.4 Å². The first kappa shape index (κ1) is 12.6. The molecule has 1 heterocycles. The Morgan fingerprint density at radius 1 is 1.50 bits per heavy atom. The second kappa shape index (κ2) is 5.59. The van der Waals surface area contributed by atoms with E-state index in [1.165, 1.54) is 13.3 Å². The zero-order chi connectivity index (χ0) is 12.1. The highest BCUT2D eigenvalue weighted by atomic mass is 16.5. The van der Waals surface area contributed by atoms with Crippen molar-refractivity contribution in [2.45, 2.75) is 18.6 Å². The van der Waals surface area contributed by atoms with Gasteiger partial charge in [-0.05, 0) is 6.42 Å². The normalized spacial score (nSPS) is 14.5. The quantitative estimate of drug-likeness (QED) is 0.502. The number of hydrogen-bond donors (Lipinski definition) is 4. The molecule has 0 saturated carbocycles. The topological polar surface area (TPSA) is 122 Å². The number of hydrogen-bond acceptors (Lipinski definition) is 7. The molecule has 0 amide bonds. The van der Waals surface area contributed by atoms with Crippen LogP contribution in [0.1, 0.15) is 18.2 Å². The number of aliphatic hydroxyl groups is 3. The molecule has 7 nitrogen and oxygen atoms in total. The van der Waals surface area contributed by atoms with Crippen LogP contribution in [-0.4, -0.2) is 45.1 Å². The lowest BCUT2D eigenvalue weighted by Crippen LogP contribution is -2.21. The number of ether oxygens (including phenoxy) is 1. The maximum atomic E-state index is 9.67. The van der Waals surface area contributed by atoms with Crippen molar-refractivity contribution in [3.8, 4) is 5.88 Å². The Kier molecular flexibility index (Phi) is 4.41. The zero-order valence-corrected chi connectivity index (χ0v) is 8.87. The highest BCUT2D eigenvalue weighted by Crippen LogP contribution is 2.21. The summed E-state index contributed by atoms with van der Waals surface area (Å²) in [6.07, 6.45) is -1.03. The molecule has 0 spiro atoms. The average Bonchev–Trinajstić information content (AvgIpc) is 2.29. The number of anilines is 1. The highest BCUT2D eigenvalue weighted by molar-refractivity contribution is 5.40. The molecule has 0 bridgehead atoms. The number of methoxy groups -OCH3 is 1. The van der Waals surface area contributed by atoms with E-state index >= 15 is 0 Å².